The van der Waals surface area contributed by atoms with Gasteiger partial charge >= 0.3 is 6.36 Å². The first-order valence-corrected chi connectivity index (χ1v) is 10.9. The first-order chi connectivity index (χ1) is 16.4. The molecule has 4 nitrogen and oxygen atoms in total. The van der Waals surface area contributed by atoms with Crippen molar-refractivity contribution in [3.05, 3.63) is 107 Å². The molecule has 0 saturated carbocycles. The number of benzene rings is 3. The molecule has 5 rings (SSSR count). The van der Waals surface area contributed by atoms with Gasteiger partial charge in [-0.3, -0.25) is 4.79 Å². The Labute approximate surface area is 194 Å². The Balaban J connectivity index is 1.53. The third kappa shape index (κ3) is 4.41. The van der Waals surface area contributed by atoms with Crippen molar-refractivity contribution in [2.24, 2.45) is 0 Å². The number of alkyl halides is 3. The molecule has 3 aromatic carbocycles. The van der Waals surface area contributed by atoms with Crippen LogP contribution in [0.1, 0.15) is 28.4 Å². The van der Waals surface area contributed by atoms with Gasteiger partial charge < -0.3 is 14.6 Å². The molecule has 4 aromatic rings. The standard InChI is InChI=1S/C27H21F3N2O2/c28-27(29,30)34-20-13-11-19(12-14-20)26-25-22(21-8-4-5-9-23(21)31-25)16-17-32(26)24(33)15-10-18-6-2-1-3-7-18/h1-15,26,31H,16-17H2. The summed E-state index contributed by atoms with van der Waals surface area (Å²) in [6.45, 7) is 0.484. The second kappa shape index (κ2) is 8.74. The quantitative estimate of drug-likeness (QED) is 0.364. The highest BCUT2D eigenvalue weighted by molar-refractivity contribution is 5.93. The summed E-state index contributed by atoms with van der Waals surface area (Å²) in [4.78, 5) is 18.5. The van der Waals surface area contributed by atoms with Gasteiger partial charge in [0.2, 0.25) is 5.91 Å². The second-order valence-corrected chi connectivity index (χ2v) is 8.11. The van der Waals surface area contributed by atoms with Crippen molar-refractivity contribution in [1.82, 2.24) is 9.88 Å². The fourth-order valence-electron chi connectivity index (χ4n) is 4.50. The highest BCUT2D eigenvalue weighted by Crippen LogP contribution is 2.39. The zero-order valence-corrected chi connectivity index (χ0v) is 18.0. The van der Waals surface area contributed by atoms with Crippen LogP contribution in [0.3, 0.4) is 0 Å². The Kier molecular flexibility index (Phi) is 5.61. The van der Waals surface area contributed by atoms with Crippen molar-refractivity contribution in [2.45, 2.75) is 18.8 Å². The number of carbonyl (C=O) groups is 1. The highest BCUT2D eigenvalue weighted by atomic mass is 19.4. The average molecular weight is 462 g/mol. The number of rotatable bonds is 4. The van der Waals surface area contributed by atoms with E-state index in [-0.39, 0.29) is 11.7 Å². The molecule has 0 fully saturated rings. The summed E-state index contributed by atoms with van der Waals surface area (Å²) in [6, 6.07) is 22.7. The molecular formula is C27H21F3N2O2. The van der Waals surface area contributed by atoms with Gasteiger partial charge in [0.25, 0.3) is 0 Å². The zero-order valence-electron chi connectivity index (χ0n) is 18.0. The van der Waals surface area contributed by atoms with Gasteiger partial charge in [-0.2, -0.15) is 0 Å². The number of ether oxygens (including phenoxy) is 1. The van der Waals surface area contributed by atoms with E-state index in [1.54, 1.807) is 23.1 Å². The number of aromatic amines is 1. The van der Waals surface area contributed by atoms with Crippen molar-refractivity contribution < 1.29 is 22.7 Å². The molecule has 1 atom stereocenters. The summed E-state index contributed by atoms with van der Waals surface area (Å²) in [6.07, 6.45) is -0.783. The molecular weight excluding hydrogens is 441 g/mol. The van der Waals surface area contributed by atoms with Crippen LogP contribution in [0.25, 0.3) is 17.0 Å². The summed E-state index contributed by atoms with van der Waals surface area (Å²) >= 11 is 0. The molecule has 1 aromatic heterocycles. The fourth-order valence-corrected chi connectivity index (χ4v) is 4.50. The van der Waals surface area contributed by atoms with Crippen LogP contribution in [0.4, 0.5) is 13.2 Å². The van der Waals surface area contributed by atoms with Crippen LogP contribution in [0, 0.1) is 0 Å². The lowest BCUT2D eigenvalue weighted by Gasteiger charge is -2.35. The van der Waals surface area contributed by atoms with Crippen molar-refractivity contribution in [3.8, 4) is 5.75 Å². The Morgan fingerprint density at radius 2 is 1.68 bits per heavy atom. The summed E-state index contributed by atoms with van der Waals surface area (Å²) in [5, 5.41) is 1.09. The van der Waals surface area contributed by atoms with E-state index in [0.29, 0.717) is 18.5 Å². The van der Waals surface area contributed by atoms with E-state index < -0.39 is 12.4 Å². The van der Waals surface area contributed by atoms with E-state index >= 15 is 0 Å². The molecule has 0 bridgehead atoms. The van der Waals surface area contributed by atoms with E-state index in [4.69, 9.17) is 0 Å². The normalized spacial score (nSPS) is 16.1. The summed E-state index contributed by atoms with van der Waals surface area (Å²) in [5.74, 6) is -0.473. The first kappa shape index (κ1) is 21.8. The number of halogens is 3. The number of hydrogen-bond acceptors (Lipinski definition) is 2. The lowest BCUT2D eigenvalue weighted by Crippen LogP contribution is -2.39. The van der Waals surface area contributed by atoms with Gasteiger partial charge in [-0.15, -0.1) is 13.2 Å². The maximum atomic E-state index is 13.3. The van der Waals surface area contributed by atoms with Crippen molar-refractivity contribution in [1.29, 1.82) is 0 Å². The van der Waals surface area contributed by atoms with Crippen LogP contribution >= 0.6 is 0 Å². The van der Waals surface area contributed by atoms with Gasteiger partial charge in [0.05, 0.1) is 6.04 Å². The van der Waals surface area contributed by atoms with Crippen LogP contribution in [-0.4, -0.2) is 28.7 Å². The Bertz CT molecular complexity index is 1340. The number of amides is 1. The van der Waals surface area contributed by atoms with Gasteiger partial charge in [0.1, 0.15) is 5.75 Å². The van der Waals surface area contributed by atoms with Gasteiger partial charge in [-0.05, 0) is 47.4 Å². The number of para-hydroxylation sites is 1. The van der Waals surface area contributed by atoms with E-state index in [9.17, 15) is 18.0 Å². The second-order valence-electron chi connectivity index (χ2n) is 8.11. The molecule has 1 aliphatic heterocycles. The first-order valence-electron chi connectivity index (χ1n) is 10.9. The lowest BCUT2D eigenvalue weighted by molar-refractivity contribution is -0.274. The molecule has 1 unspecified atom stereocenters. The summed E-state index contributed by atoms with van der Waals surface area (Å²) < 4.78 is 41.9. The molecule has 172 valence electrons. The average Bonchev–Trinajstić information content (AvgIpc) is 3.21. The lowest BCUT2D eigenvalue weighted by atomic mass is 9.92. The number of nitrogens with one attached hydrogen (secondary N) is 1. The summed E-state index contributed by atoms with van der Waals surface area (Å²) in [7, 11) is 0. The van der Waals surface area contributed by atoms with E-state index in [1.165, 1.54) is 18.2 Å². The molecule has 7 heteroatoms. The monoisotopic (exact) mass is 462 g/mol. The zero-order chi connectivity index (χ0) is 23.7. The van der Waals surface area contributed by atoms with Crippen molar-refractivity contribution >= 4 is 22.9 Å². The molecule has 0 spiro atoms. The molecule has 0 aliphatic carbocycles. The minimum absolute atomic E-state index is 0.172. The SMILES string of the molecule is O=C(C=Cc1ccccc1)N1CCc2c([nH]c3ccccc23)C1c1ccc(OC(F)(F)F)cc1. The number of aromatic nitrogens is 1. The van der Waals surface area contributed by atoms with Crippen molar-refractivity contribution in [2.75, 3.05) is 6.54 Å². The van der Waals surface area contributed by atoms with E-state index in [1.807, 2.05) is 54.6 Å². The van der Waals surface area contributed by atoms with Gasteiger partial charge in [-0.1, -0.05) is 60.7 Å². The maximum absolute atomic E-state index is 13.3. The molecule has 34 heavy (non-hydrogen) atoms. The number of hydrogen-bond donors (Lipinski definition) is 1. The number of H-pyrrole nitrogens is 1. The van der Waals surface area contributed by atoms with E-state index in [0.717, 1.165) is 27.7 Å². The predicted octanol–water partition coefficient (Wildman–Crippen LogP) is 6.25. The van der Waals surface area contributed by atoms with Crippen LogP contribution in [0.2, 0.25) is 0 Å². The van der Waals surface area contributed by atoms with Gasteiger partial charge in [-0.25, -0.2) is 0 Å². The molecule has 0 saturated heterocycles. The minimum Gasteiger partial charge on any atom is -0.406 e. The molecule has 2 heterocycles. The van der Waals surface area contributed by atoms with Gasteiger partial charge in [0, 0.05) is 29.2 Å². The van der Waals surface area contributed by atoms with Crippen molar-refractivity contribution in [3.63, 3.8) is 0 Å². The number of nitrogens with zero attached hydrogens (tertiary/aromatic N) is 1. The smallest absolute Gasteiger partial charge is 0.406 e. The molecule has 1 aliphatic rings. The topological polar surface area (TPSA) is 45.3 Å². The Morgan fingerprint density at radius 3 is 2.41 bits per heavy atom. The van der Waals surface area contributed by atoms with Gasteiger partial charge in [0.15, 0.2) is 0 Å². The predicted molar refractivity (Wildman–Crippen MR) is 124 cm³/mol. The van der Waals surface area contributed by atoms with Crippen LogP contribution in [-0.2, 0) is 11.2 Å². The van der Waals surface area contributed by atoms with Crippen LogP contribution in [0.15, 0.2) is 84.9 Å². The fraction of sp³-hybridized carbons (Fsp3) is 0.148. The number of carbonyl (C=O) groups excluding carboxylic acids is 1. The maximum Gasteiger partial charge on any atom is 0.573 e. The van der Waals surface area contributed by atoms with Crippen LogP contribution < -0.4 is 4.74 Å². The molecule has 1 N–H and O–H groups in total. The Hall–Kier alpha value is -4.00. The third-order valence-electron chi connectivity index (χ3n) is 5.96. The van der Waals surface area contributed by atoms with E-state index in [2.05, 4.69) is 9.72 Å². The minimum atomic E-state index is -4.76. The highest BCUT2D eigenvalue weighted by Gasteiger charge is 2.34. The molecule has 1 amide bonds. The molecule has 0 radical (unpaired) electrons. The summed E-state index contributed by atoms with van der Waals surface area (Å²) in [5.41, 5.74) is 4.56. The third-order valence-corrected chi connectivity index (χ3v) is 5.96. The number of fused-ring (bicyclic) bond motifs is 3. The Morgan fingerprint density at radius 1 is 0.971 bits per heavy atom. The largest absolute Gasteiger partial charge is 0.573 e. The van der Waals surface area contributed by atoms with Crippen LogP contribution in [0.5, 0.6) is 5.75 Å².